The molecule has 0 aromatic carbocycles. The number of aromatic nitrogens is 4. The van der Waals surface area contributed by atoms with Crippen molar-refractivity contribution in [2.75, 3.05) is 18.5 Å². The van der Waals surface area contributed by atoms with Crippen molar-refractivity contribution in [3.63, 3.8) is 0 Å². The number of carbonyl (C=O) groups excluding carboxylic acids is 2. The third-order valence-corrected chi connectivity index (χ3v) is 6.47. The molecule has 3 atom stereocenters. The van der Waals surface area contributed by atoms with Crippen molar-refractivity contribution in [3.05, 3.63) is 46.5 Å². The van der Waals surface area contributed by atoms with Crippen LogP contribution < -0.4 is 11.0 Å². The molecule has 1 aliphatic heterocycles. The van der Waals surface area contributed by atoms with Crippen molar-refractivity contribution in [3.8, 4) is 0 Å². The summed E-state index contributed by atoms with van der Waals surface area (Å²) in [6, 6.07) is 1.05. The Morgan fingerprint density at radius 3 is 2.30 bits per heavy atom. The minimum Gasteiger partial charge on any atom is -0.461 e. The van der Waals surface area contributed by atoms with Crippen LogP contribution in [0.15, 0.2) is 29.5 Å². The molecule has 0 radical (unpaired) electrons. The molecule has 0 bridgehead atoms. The molecule has 40 heavy (non-hydrogen) atoms. The van der Waals surface area contributed by atoms with E-state index in [2.05, 4.69) is 27.2 Å². The highest BCUT2D eigenvalue weighted by Crippen LogP contribution is 2.42. The Labute approximate surface area is 229 Å². The van der Waals surface area contributed by atoms with Gasteiger partial charge >= 0.3 is 17.6 Å². The maximum absolute atomic E-state index is 14.4. The van der Waals surface area contributed by atoms with Crippen LogP contribution >= 0.6 is 0 Å². The zero-order valence-corrected chi connectivity index (χ0v) is 22.3. The monoisotopic (exact) mass is 567 g/mol. The van der Waals surface area contributed by atoms with Crippen molar-refractivity contribution in [2.45, 2.75) is 89.1 Å². The van der Waals surface area contributed by atoms with Gasteiger partial charge in [-0.1, -0.05) is 58.3 Å². The van der Waals surface area contributed by atoms with Gasteiger partial charge in [0.2, 0.25) is 6.23 Å². The third-order valence-electron chi connectivity index (χ3n) is 6.47. The topological polar surface area (TPSA) is 166 Å². The predicted octanol–water partition coefficient (Wildman–Crippen LogP) is 2.86. The van der Waals surface area contributed by atoms with Crippen molar-refractivity contribution in [2.24, 2.45) is 0 Å². The Morgan fingerprint density at radius 2 is 1.70 bits per heavy atom. The lowest BCUT2D eigenvalue weighted by Gasteiger charge is -2.21. The molecule has 0 aliphatic carbocycles. The molecule has 1 fully saturated rings. The number of anilines is 1. The van der Waals surface area contributed by atoms with Gasteiger partial charge in [-0.25, -0.2) is 19.6 Å². The second-order valence-corrected chi connectivity index (χ2v) is 9.50. The highest BCUT2D eigenvalue weighted by Gasteiger charge is 2.59. The molecule has 2 aromatic heterocycles. The van der Waals surface area contributed by atoms with Crippen LogP contribution in [0.3, 0.4) is 0 Å². The number of hydrogen-bond acceptors (Lipinski definition) is 10. The summed E-state index contributed by atoms with van der Waals surface area (Å²) in [5, 5.41) is 21.1. The molecule has 0 spiro atoms. The number of aliphatic hydroxyl groups excluding tert-OH is 2. The molecule has 2 aromatic rings. The minimum absolute atomic E-state index is 0.159. The van der Waals surface area contributed by atoms with Gasteiger partial charge < -0.3 is 25.0 Å². The number of hydrogen-bond donors (Lipinski definition) is 3. The summed E-state index contributed by atoms with van der Waals surface area (Å²) in [6.45, 7) is 1.46. The van der Waals surface area contributed by atoms with E-state index >= 15 is 0 Å². The largest absolute Gasteiger partial charge is 0.461 e. The summed E-state index contributed by atoms with van der Waals surface area (Å²) in [4.78, 5) is 49.1. The quantitative estimate of drug-likeness (QED) is 0.215. The summed E-state index contributed by atoms with van der Waals surface area (Å²) in [5.41, 5.74) is -1.91. The summed E-state index contributed by atoms with van der Waals surface area (Å²) >= 11 is 0. The van der Waals surface area contributed by atoms with E-state index in [1.54, 1.807) is 0 Å². The number of rotatable bonds is 15. The first kappa shape index (κ1) is 31.2. The third kappa shape index (κ3) is 7.86. The van der Waals surface area contributed by atoms with E-state index in [1.165, 1.54) is 44.5 Å². The molecule has 1 aliphatic rings. The van der Waals surface area contributed by atoms with E-state index in [9.17, 15) is 28.3 Å². The maximum Gasteiger partial charge on any atom is 0.359 e. The highest BCUT2D eigenvalue weighted by atomic mass is 19.3. The van der Waals surface area contributed by atoms with Gasteiger partial charge in [-0.15, -0.1) is 0 Å². The Balaban J connectivity index is 1.55. The fraction of sp³-hybridized carbons (Fsp3) is 0.615. The maximum atomic E-state index is 14.4. The molecular formula is C26H35F2N5O7. The number of esters is 1. The van der Waals surface area contributed by atoms with Crippen molar-refractivity contribution < 1.29 is 38.1 Å². The van der Waals surface area contributed by atoms with Gasteiger partial charge in [-0.05, 0) is 12.5 Å². The number of aliphatic hydroxyl groups is 2. The van der Waals surface area contributed by atoms with Crippen molar-refractivity contribution in [1.29, 1.82) is 0 Å². The fourth-order valence-corrected chi connectivity index (χ4v) is 4.25. The number of nitrogens with one attached hydrogen (secondary N) is 1. The SMILES string of the molecule is CCCCCCCCCCCOC(=O)c1nccnc1C(=O)Nc1ccn([C@@H]2O[C@H](CO)[C@@H](O)C2(F)F)c(=O)n1. The van der Waals surface area contributed by atoms with E-state index in [1.807, 2.05) is 0 Å². The van der Waals surface area contributed by atoms with Crippen LogP contribution in [0.2, 0.25) is 0 Å². The number of ether oxygens (including phenoxy) is 2. The molecule has 12 nitrogen and oxygen atoms in total. The molecule has 14 heteroatoms. The number of carbonyl (C=O) groups is 2. The molecule has 3 N–H and O–H groups in total. The first-order valence-electron chi connectivity index (χ1n) is 13.4. The summed E-state index contributed by atoms with van der Waals surface area (Å²) < 4.78 is 39.4. The average molecular weight is 568 g/mol. The number of halogens is 2. The van der Waals surface area contributed by atoms with Crippen LogP contribution in [-0.2, 0) is 9.47 Å². The Morgan fingerprint density at radius 1 is 1.07 bits per heavy atom. The number of amides is 1. The lowest BCUT2D eigenvalue weighted by Crippen LogP contribution is -2.41. The van der Waals surface area contributed by atoms with E-state index < -0.39 is 48.5 Å². The smallest absolute Gasteiger partial charge is 0.359 e. The first-order valence-corrected chi connectivity index (χ1v) is 13.4. The number of unbranched alkanes of at least 4 members (excludes halogenated alkanes) is 8. The Bertz CT molecular complexity index is 1200. The zero-order valence-electron chi connectivity index (χ0n) is 22.3. The number of alkyl halides is 2. The molecular weight excluding hydrogens is 532 g/mol. The molecule has 0 saturated carbocycles. The highest BCUT2D eigenvalue weighted by molar-refractivity contribution is 6.08. The second-order valence-electron chi connectivity index (χ2n) is 9.50. The molecule has 3 heterocycles. The van der Waals surface area contributed by atoms with Gasteiger partial charge in [-0.3, -0.25) is 9.36 Å². The van der Waals surface area contributed by atoms with Crippen LogP contribution in [-0.4, -0.2) is 73.0 Å². The number of nitrogens with zero attached hydrogens (tertiary/aromatic N) is 4. The Hall–Kier alpha value is -3.36. The van der Waals surface area contributed by atoms with Crippen LogP contribution in [0.5, 0.6) is 0 Å². The van der Waals surface area contributed by atoms with E-state index in [0.717, 1.165) is 31.5 Å². The Kier molecular flexibility index (Phi) is 11.6. The summed E-state index contributed by atoms with van der Waals surface area (Å²) in [6.07, 6.45) is 7.08. The van der Waals surface area contributed by atoms with Gasteiger partial charge in [0, 0.05) is 18.6 Å². The van der Waals surface area contributed by atoms with Crippen LogP contribution in [0.25, 0.3) is 0 Å². The van der Waals surface area contributed by atoms with E-state index in [4.69, 9.17) is 14.6 Å². The van der Waals surface area contributed by atoms with Gasteiger partial charge in [0.25, 0.3) is 5.91 Å². The van der Waals surface area contributed by atoms with Gasteiger partial charge in [0.1, 0.15) is 11.9 Å². The molecule has 1 saturated heterocycles. The van der Waals surface area contributed by atoms with Crippen molar-refractivity contribution in [1.82, 2.24) is 19.5 Å². The van der Waals surface area contributed by atoms with E-state index in [-0.39, 0.29) is 23.8 Å². The minimum atomic E-state index is -3.88. The van der Waals surface area contributed by atoms with Gasteiger partial charge in [0.05, 0.1) is 13.2 Å². The van der Waals surface area contributed by atoms with Gasteiger partial charge in [0.15, 0.2) is 17.5 Å². The normalized spacial score (nSPS) is 19.9. The fourth-order valence-electron chi connectivity index (χ4n) is 4.25. The zero-order chi connectivity index (χ0) is 29.1. The van der Waals surface area contributed by atoms with Crippen LogP contribution in [0.4, 0.5) is 14.6 Å². The first-order chi connectivity index (χ1) is 19.2. The summed E-state index contributed by atoms with van der Waals surface area (Å²) in [7, 11) is 0. The molecule has 1 amide bonds. The van der Waals surface area contributed by atoms with Crippen LogP contribution in [0.1, 0.15) is 91.9 Å². The summed E-state index contributed by atoms with van der Waals surface area (Å²) in [5.74, 6) is -5.96. The second kappa shape index (κ2) is 14.9. The van der Waals surface area contributed by atoms with Crippen LogP contribution in [0, 0.1) is 0 Å². The lowest BCUT2D eigenvalue weighted by molar-refractivity contribution is -0.140. The predicted molar refractivity (Wildman–Crippen MR) is 138 cm³/mol. The van der Waals surface area contributed by atoms with Gasteiger partial charge in [-0.2, -0.15) is 13.8 Å². The molecule has 3 rings (SSSR count). The van der Waals surface area contributed by atoms with Crippen molar-refractivity contribution >= 4 is 17.7 Å². The average Bonchev–Trinajstić information content (AvgIpc) is 3.17. The molecule has 0 unspecified atom stereocenters. The standard InChI is InChI=1S/C26H35F2N5O7/c1-2-3-4-5-6-7-8-9-10-15-39-23(37)20-19(29-12-13-30-20)22(36)31-18-11-14-33(25(38)32-18)24-26(27,28)21(35)17(16-34)40-24/h11-14,17,21,24,34-35H,2-10,15-16H2,1H3,(H,31,32,36,38)/t17-,21-,24-/m1/s1. The van der Waals surface area contributed by atoms with E-state index in [0.29, 0.717) is 11.0 Å². The molecule has 220 valence electrons. The lowest BCUT2D eigenvalue weighted by atomic mass is 10.1.